The summed E-state index contributed by atoms with van der Waals surface area (Å²) in [4.78, 5) is 0. The van der Waals surface area contributed by atoms with Crippen molar-refractivity contribution in [3.05, 3.63) is 58.5 Å². The maximum Gasteiger partial charge on any atom is 0.126 e. The molecule has 110 valence electrons. The summed E-state index contributed by atoms with van der Waals surface area (Å²) in [5, 5.41) is 20.0. The Labute approximate surface area is 127 Å². The van der Waals surface area contributed by atoms with Crippen molar-refractivity contribution in [3.63, 3.8) is 0 Å². The number of hydrogen-bond donors (Lipinski definition) is 1. The van der Waals surface area contributed by atoms with Gasteiger partial charge in [0.25, 0.3) is 0 Å². The number of halogens is 1. The van der Waals surface area contributed by atoms with Crippen LogP contribution in [0.2, 0.25) is 0 Å². The number of phenols is 1. The highest BCUT2D eigenvalue weighted by Crippen LogP contribution is 2.34. The number of benzene rings is 2. The van der Waals surface area contributed by atoms with E-state index in [1.165, 1.54) is 6.07 Å². The van der Waals surface area contributed by atoms with E-state index in [0.717, 1.165) is 22.5 Å². The number of rotatable bonds is 1. The number of phenolic OH excluding ortho intramolecular Hbond substituents is 1. The fraction of sp³-hybridized carbons (Fsp3) is 0.167. The summed E-state index contributed by atoms with van der Waals surface area (Å²) in [6.07, 6.45) is 0. The minimum absolute atomic E-state index is 0.133. The van der Waals surface area contributed by atoms with Gasteiger partial charge in [0.2, 0.25) is 0 Å². The van der Waals surface area contributed by atoms with E-state index < -0.39 is 0 Å². The molecule has 0 saturated heterocycles. The van der Waals surface area contributed by atoms with Crippen LogP contribution in [0.25, 0.3) is 16.6 Å². The molecule has 0 saturated carbocycles. The summed E-state index contributed by atoms with van der Waals surface area (Å²) in [7, 11) is 0. The first kappa shape index (κ1) is 14.2. The minimum Gasteiger partial charge on any atom is -0.508 e. The second-order valence-electron chi connectivity index (χ2n) is 5.50. The molecule has 0 spiro atoms. The third kappa shape index (κ3) is 1.94. The predicted molar refractivity (Wildman–Crippen MR) is 83.8 cm³/mol. The van der Waals surface area contributed by atoms with Gasteiger partial charge in [0.1, 0.15) is 17.6 Å². The molecule has 1 N–H and O–H groups in total. The van der Waals surface area contributed by atoms with Gasteiger partial charge in [-0.25, -0.2) is 4.39 Å². The molecule has 0 radical (unpaired) electrons. The van der Waals surface area contributed by atoms with E-state index in [9.17, 15) is 14.8 Å². The molecule has 3 aromatic rings. The number of nitrogens with zero attached hydrogens (tertiary/aromatic N) is 2. The normalized spacial score (nSPS) is 10.9. The molecule has 3 nitrogen and oxygen atoms in total. The Morgan fingerprint density at radius 3 is 2.45 bits per heavy atom. The maximum atomic E-state index is 13.5. The zero-order valence-corrected chi connectivity index (χ0v) is 12.6. The molecule has 22 heavy (non-hydrogen) atoms. The molecule has 2 aromatic carbocycles. The van der Waals surface area contributed by atoms with Crippen molar-refractivity contribution in [1.82, 2.24) is 4.57 Å². The Morgan fingerprint density at radius 2 is 1.82 bits per heavy atom. The van der Waals surface area contributed by atoms with E-state index >= 15 is 0 Å². The van der Waals surface area contributed by atoms with Crippen molar-refractivity contribution >= 4 is 10.9 Å². The molecule has 1 aromatic heterocycles. The summed E-state index contributed by atoms with van der Waals surface area (Å²) in [5.41, 5.74) is 4.37. The maximum absolute atomic E-state index is 13.5. The molecule has 0 amide bonds. The van der Waals surface area contributed by atoms with E-state index in [-0.39, 0.29) is 11.6 Å². The highest BCUT2D eigenvalue weighted by Gasteiger charge is 2.18. The Kier molecular flexibility index (Phi) is 3.14. The Bertz CT molecular complexity index is 948. The van der Waals surface area contributed by atoms with E-state index in [1.54, 1.807) is 31.2 Å². The van der Waals surface area contributed by atoms with Crippen LogP contribution >= 0.6 is 0 Å². The molecule has 3 rings (SSSR count). The first-order valence-electron chi connectivity index (χ1n) is 6.95. The number of aromatic nitrogens is 1. The fourth-order valence-electron chi connectivity index (χ4n) is 2.95. The Balaban J connectivity index is 2.46. The summed E-state index contributed by atoms with van der Waals surface area (Å²) >= 11 is 0. The van der Waals surface area contributed by atoms with Crippen molar-refractivity contribution in [1.29, 1.82) is 5.26 Å². The molecular weight excluding hydrogens is 279 g/mol. The SMILES string of the molecule is Cc1cc(-n2c(C)c(C#N)c3cc(O)cc(C)c32)ccc1F. The van der Waals surface area contributed by atoms with Gasteiger partial charge in [-0.15, -0.1) is 0 Å². The van der Waals surface area contributed by atoms with Gasteiger partial charge in [-0.3, -0.25) is 0 Å². The lowest BCUT2D eigenvalue weighted by molar-refractivity contribution is 0.476. The Hall–Kier alpha value is -2.80. The Morgan fingerprint density at radius 1 is 1.09 bits per heavy atom. The third-order valence-corrected chi connectivity index (χ3v) is 3.99. The van der Waals surface area contributed by atoms with Gasteiger partial charge in [0.15, 0.2) is 0 Å². The van der Waals surface area contributed by atoms with Gasteiger partial charge in [0, 0.05) is 16.8 Å². The second kappa shape index (κ2) is 4.88. The van der Waals surface area contributed by atoms with Crippen LogP contribution in [-0.2, 0) is 0 Å². The van der Waals surface area contributed by atoms with E-state index in [1.807, 2.05) is 18.4 Å². The van der Waals surface area contributed by atoms with E-state index in [4.69, 9.17) is 0 Å². The van der Waals surface area contributed by atoms with Crippen molar-refractivity contribution in [2.45, 2.75) is 20.8 Å². The molecule has 4 heteroatoms. The van der Waals surface area contributed by atoms with Gasteiger partial charge in [-0.2, -0.15) is 5.26 Å². The average Bonchev–Trinajstić information content (AvgIpc) is 2.74. The van der Waals surface area contributed by atoms with Crippen LogP contribution in [0.15, 0.2) is 30.3 Å². The molecule has 0 aliphatic heterocycles. The number of hydrogen-bond acceptors (Lipinski definition) is 2. The summed E-state index contributed by atoms with van der Waals surface area (Å²) < 4.78 is 15.5. The van der Waals surface area contributed by atoms with Crippen molar-refractivity contribution in [2.75, 3.05) is 0 Å². The summed E-state index contributed by atoms with van der Waals surface area (Å²) in [6.45, 7) is 5.45. The van der Waals surface area contributed by atoms with Crippen LogP contribution < -0.4 is 0 Å². The van der Waals surface area contributed by atoms with Crippen LogP contribution in [0.1, 0.15) is 22.4 Å². The third-order valence-electron chi connectivity index (χ3n) is 3.99. The van der Waals surface area contributed by atoms with Gasteiger partial charge in [-0.1, -0.05) is 0 Å². The van der Waals surface area contributed by atoms with Gasteiger partial charge >= 0.3 is 0 Å². The zero-order valence-electron chi connectivity index (χ0n) is 12.6. The molecule has 0 unspecified atom stereocenters. The molecule has 0 bridgehead atoms. The topological polar surface area (TPSA) is 49.0 Å². The summed E-state index contributed by atoms with van der Waals surface area (Å²) in [5.74, 6) is -0.123. The molecular formula is C18H15FN2O. The van der Waals surface area contributed by atoms with Crippen LogP contribution in [0.5, 0.6) is 5.75 Å². The van der Waals surface area contributed by atoms with Crippen molar-refractivity contribution in [2.24, 2.45) is 0 Å². The molecule has 0 atom stereocenters. The first-order chi connectivity index (χ1) is 10.4. The minimum atomic E-state index is -0.257. The standard InChI is InChI=1S/C18H15FN2O/c1-10-6-13(4-5-17(10)19)21-12(3)16(9-20)15-8-14(22)7-11(2)18(15)21/h4-8,22H,1-3H3. The highest BCUT2D eigenvalue weighted by molar-refractivity contribution is 5.93. The van der Waals surface area contributed by atoms with E-state index in [2.05, 4.69) is 6.07 Å². The van der Waals surface area contributed by atoms with Crippen molar-refractivity contribution in [3.8, 4) is 17.5 Å². The fourth-order valence-corrected chi connectivity index (χ4v) is 2.95. The van der Waals surface area contributed by atoms with Gasteiger partial charge in [0.05, 0.1) is 11.1 Å². The first-order valence-corrected chi connectivity index (χ1v) is 6.95. The number of aryl methyl sites for hydroxylation is 2. The lowest BCUT2D eigenvalue weighted by atomic mass is 10.1. The molecule has 1 heterocycles. The van der Waals surface area contributed by atoms with E-state index in [0.29, 0.717) is 16.5 Å². The predicted octanol–water partition coefficient (Wildman–Crippen LogP) is 4.27. The van der Waals surface area contributed by atoms with Gasteiger partial charge in [-0.05, 0) is 62.2 Å². The monoisotopic (exact) mass is 294 g/mol. The lowest BCUT2D eigenvalue weighted by Gasteiger charge is -2.11. The quantitative estimate of drug-likeness (QED) is 0.728. The smallest absolute Gasteiger partial charge is 0.126 e. The summed E-state index contributed by atoms with van der Waals surface area (Å²) in [6, 6.07) is 10.3. The van der Waals surface area contributed by atoms with Crippen LogP contribution in [0.3, 0.4) is 0 Å². The highest BCUT2D eigenvalue weighted by atomic mass is 19.1. The number of nitriles is 1. The van der Waals surface area contributed by atoms with Crippen LogP contribution in [-0.4, -0.2) is 9.67 Å². The number of fused-ring (bicyclic) bond motifs is 1. The van der Waals surface area contributed by atoms with Crippen molar-refractivity contribution < 1.29 is 9.50 Å². The second-order valence-corrected chi connectivity index (χ2v) is 5.50. The van der Waals surface area contributed by atoms with Gasteiger partial charge < -0.3 is 9.67 Å². The molecule has 0 fully saturated rings. The van der Waals surface area contributed by atoms with Crippen LogP contribution in [0.4, 0.5) is 4.39 Å². The zero-order chi connectivity index (χ0) is 16.0. The average molecular weight is 294 g/mol. The largest absolute Gasteiger partial charge is 0.508 e. The lowest BCUT2D eigenvalue weighted by Crippen LogP contribution is -1.99. The van der Waals surface area contributed by atoms with Crippen LogP contribution in [0, 0.1) is 37.9 Å². The molecule has 0 aliphatic carbocycles. The molecule has 0 aliphatic rings. The number of aromatic hydroxyl groups is 1.